The molecule has 1 unspecified atom stereocenters. The summed E-state index contributed by atoms with van der Waals surface area (Å²) in [6.07, 6.45) is 0.542. The van der Waals surface area contributed by atoms with E-state index in [9.17, 15) is 4.39 Å². The summed E-state index contributed by atoms with van der Waals surface area (Å²) < 4.78 is 14.4. The van der Waals surface area contributed by atoms with Crippen LogP contribution in [0.5, 0.6) is 0 Å². The molecule has 4 heteroatoms. The second kappa shape index (κ2) is 6.05. The lowest BCUT2D eigenvalue weighted by Crippen LogP contribution is -1.99. The fraction of sp³-hybridized carbons (Fsp3) is 0.143. The lowest BCUT2D eigenvalue weighted by atomic mass is 10.0. The number of halogens is 4. The van der Waals surface area contributed by atoms with Gasteiger partial charge < -0.3 is 0 Å². The predicted octanol–water partition coefficient (Wildman–Crippen LogP) is 5.76. The highest BCUT2D eigenvalue weighted by atomic mass is 79.9. The summed E-state index contributed by atoms with van der Waals surface area (Å²) in [7, 11) is 0. The monoisotopic (exact) mass is 346 g/mol. The van der Waals surface area contributed by atoms with Crippen LogP contribution in [-0.2, 0) is 6.42 Å². The molecule has 0 saturated carbocycles. The molecule has 0 nitrogen and oxygen atoms in total. The first-order valence-electron chi connectivity index (χ1n) is 5.40. The molecule has 0 saturated heterocycles. The van der Waals surface area contributed by atoms with Gasteiger partial charge in [-0.15, -0.1) is 11.6 Å². The van der Waals surface area contributed by atoms with Crippen LogP contribution in [0.1, 0.15) is 16.5 Å². The number of benzene rings is 2. The van der Waals surface area contributed by atoms with Crippen molar-refractivity contribution >= 4 is 39.1 Å². The Labute approximate surface area is 124 Å². The Morgan fingerprint density at radius 1 is 1.17 bits per heavy atom. The van der Waals surface area contributed by atoms with Crippen LogP contribution in [0, 0.1) is 5.82 Å². The predicted molar refractivity (Wildman–Crippen MR) is 77.9 cm³/mol. The highest BCUT2D eigenvalue weighted by Gasteiger charge is 2.14. The van der Waals surface area contributed by atoms with Crippen LogP contribution in [-0.4, -0.2) is 0 Å². The maximum Gasteiger partial charge on any atom is 0.129 e. The van der Waals surface area contributed by atoms with Gasteiger partial charge in [0.05, 0.1) is 5.38 Å². The number of rotatable bonds is 3. The maximum atomic E-state index is 13.7. The minimum atomic E-state index is -0.406. The first kappa shape index (κ1) is 13.9. The molecule has 0 spiro atoms. The molecule has 2 aromatic rings. The van der Waals surface area contributed by atoms with Gasteiger partial charge in [-0.25, -0.2) is 4.39 Å². The molecule has 0 aliphatic heterocycles. The molecule has 0 heterocycles. The first-order valence-corrected chi connectivity index (χ1v) is 7.00. The fourth-order valence-electron chi connectivity index (χ4n) is 1.74. The quantitative estimate of drug-likeness (QED) is 0.619. The van der Waals surface area contributed by atoms with E-state index in [0.717, 1.165) is 5.56 Å². The zero-order valence-electron chi connectivity index (χ0n) is 9.34. The zero-order chi connectivity index (χ0) is 13.1. The Morgan fingerprint density at radius 2 is 1.94 bits per heavy atom. The molecule has 0 bridgehead atoms. The second-order valence-corrected chi connectivity index (χ2v) is 5.85. The molecule has 18 heavy (non-hydrogen) atoms. The van der Waals surface area contributed by atoms with Gasteiger partial charge in [-0.3, -0.25) is 0 Å². The molecular formula is C14H10BrCl2F. The average Bonchev–Trinajstić information content (AvgIpc) is 2.28. The summed E-state index contributed by atoms with van der Waals surface area (Å²) >= 11 is 15.4. The maximum absolute atomic E-state index is 13.7. The molecule has 2 aromatic carbocycles. The first-order chi connectivity index (χ1) is 8.56. The van der Waals surface area contributed by atoms with Crippen molar-refractivity contribution in [3.63, 3.8) is 0 Å². The Bertz CT molecular complexity index is 557. The SMILES string of the molecule is Fc1cc(Br)ccc1C(Cl)Cc1cccc(Cl)c1. The van der Waals surface area contributed by atoms with Gasteiger partial charge in [0, 0.05) is 15.1 Å². The molecular weight excluding hydrogens is 338 g/mol. The van der Waals surface area contributed by atoms with Crippen molar-refractivity contribution in [3.8, 4) is 0 Å². The number of hydrogen-bond acceptors (Lipinski definition) is 0. The summed E-state index contributed by atoms with van der Waals surface area (Å²) in [5.74, 6) is -0.300. The Kier molecular flexibility index (Phi) is 4.66. The average molecular weight is 348 g/mol. The highest BCUT2D eigenvalue weighted by molar-refractivity contribution is 9.10. The largest absolute Gasteiger partial charge is 0.207 e. The third-order valence-corrected chi connectivity index (χ3v) is 3.72. The van der Waals surface area contributed by atoms with Crippen molar-refractivity contribution in [2.75, 3.05) is 0 Å². The van der Waals surface area contributed by atoms with Gasteiger partial charge in [-0.1, -0.05) is 45.7 Å². The molecule has 94 valence electrons. The van der Waals surface area contributed by atoms with Crippen molar-refractivity contribution < 1.29 is 4.39 Å². The second-order valence-electron chi connectivity index (χ2n) is 3.97. The van der Waals surface area contributed by atoms with Gasteiger partial charge in [-0.2, -0.15) is 0 Å². The number of alkyl halides is 1. The van der Waals surface area contributed by atoms with Gasteiger partial charge in [-0.05, 0) is 36.2 Å². The van der Waals surface area contributed by atoms with E-state index in [0.29, 0.717) is 21.5 Å². The Balaban J connectivity index is 2.19. The Hall–Kier alpha value is -0.570. The summed E-state index contributed by atoms with van der Waals surface area (Å²) in [6, 6.07) is 12.3. The van der Waals surface area contributed by atoms with Gasteiger partial charge in [0.2, 0.25) is 0 Å². The fourth-order valence-corrected chi connectivity index (χ4v) is 2.64. The minimum absolute atomic E-state index is 0.300. The molecule has 0 amide bonds. The third-order valence-electron chi connectivity index (χ3n) is 2.60. The van der Waals surface area contributed by atoms with Gasteiger partial charge >= 0.3 is 0 Å². The molecule has 0 aliphatic rings. The highest BCUT2D eigenvalue weighted by Crippen LogP contribution is 2.29. The molecule has 0 N–H and O–H groups in total. The van der Waals surface area contributed by atoms with E-state index in [1.807, 2.05) is 18.2 Å². The summed E-state index contributed by atoms with van der Waals surface area (Å²) in [4.78, 5) is 0. The molecule has 0 fully saturated rings. The topological polar surface area (TPSA) is 0 Å². The normalized spacial score (nSPS) is 12.4. The molecule has 0 aliphatic carbocycles. The Morgan fingerprint density at radius 3 is 2.61 bits per heavy atom. The van der Waals surface area contributed by atoms with Crippen LogP contribution in [0.25, 0.3) is 0 Å². The van der Waals surface area contributed by atoms with Gasteiger partial charge in [0.25, 0.3) is 0 Å². The van der Waals surface area contributed by atoms with E-state index in [1.165, 1.54) is 6.07 Å². The van der Waals surface area contributed by atoms with Crippen LogP contribution >= 0.6 is 39.1 Å². The van der Waals surface area contributed by atoms with Crippen LogP contribution in [0.2, 0.25) is 5.02 Å². The lowest BCUT2D eigenvalue weighted by molar-refractivity contribution is 0.605. The molecule has 2 rings (SSSR count). The van der Waals surface area contributed by atoms with E-state index >= 15 is 0 Å². The smallest absolute Gasteiger partial charge is 0.129 e. The van der Waals surface area contributed by atoms with Crippen molar-refractivity contribution in [2.24, 2.45) is 0 Å². The number of hydrogen-bond donors (Lipinski definition) is 0. The lowest BCUT2D eigenvalue weighted by Gasteiger charge is -2.11. The summed E-state index contributed by atoms with van der Waals surface area (Å²) in [5.41, 5.74) is 1.49. The van der Waals surface area contributed by atoms with Crippen molar-refractivity contribution in [3.05, 3.63) is 68.9 Å². The van der Waals surface area contributed by atoms with E-state index in [-0.39, 0.29) is 5.82 Å². The summed E-state index contributed by atoms with van der Waals surface area (Å²) in [6.45, 7) is 0. The summed E-state index contributed by atoms with van der Waals surface area (Å²) in [5, 5.41) is 0.254. The molecule has 1 atom stereocenters. The van der Waals surface area contributed by atoms with E-state index < -0.39 is 5.38 Å². The van der Waals surface area contributed by atoms with Gasteiger partial charge in [0.15, 0.2) is 0 Å². The van der Waals surface area contributed by atoms with Crippen molar-refractivity contribution in [2.45, 2.75) is 11.8 Å². The van der Waals surface area contributed by atoms with Crippen LogP contribution < -0.4 is 0 Å². The van der Waals surface area contributed by atoms with Crippen molar-refractivity contribution in [1.82, 2.24) is 0 Å². The minimum Gasteiger partial charge on any atom is -0.207 e. The van der Waals surface area contributed by atoms with E-state index in [1.54, 1.807) is 18.2 Å². The van der Waals surface area contributed by atoms with Crippen LogP contribution in [0.15, 0.2) is 46.9 Å². The van der Waals surface area contributed by atoms with Crippen LogP contribution in [0.3, 0.4) is 0 Å². The zero-order valence-corrected chi connectivity index (χ0v) is 12.4. The van der Waals surface area contributed by atoms with Crippen molar-refractivity contribution in [1.29, 1.82) is 0 Å². The standard InChI is InChI=1S/C14H10BrCl2F/c15-10-4-5-12(14(18)8-10)13(17)7-9-2-1-3-11(16)6-9/h1-6,8,13H,7H2. The van der Waals surface area contributed by atoms with Crippen LogP contribution in [0.4, 0.5) is 4.39 Å². The molecule has 0 aromatic heterocycles. The third kappa shape index (κ3) is 3.47. The van der Waals surface area contributed by atoms with Gasteiger partial charge in [0.1, 0.15) is 5.82 Å². The molecule has 0 radical (unpaired) electrons. The van der Waals surface area contributed by atoms with E-state index in [2.05, 4.69) is 15.9 Å². The van der Waals surface area contributed by atoms with E-state index in [4.69, 9.17) is 23.2 Å².